The number of nitrogens with zero attached hydrogens (tertiary/aromatic N) is 1. The lowest BCUT2D eigenvalue weighted by atomic mass is 9.75. The molecule has 0 spiro atoms. The molecule has 0 saturated heterocycles. The third kappa shape index (κ3) is 3.20. The summed E-state index contributed by atoms with van der Waals surface area (Å²) in [6.07, 6.45) is 2.69. The van der Waals surface area contributed by atoms with Gasteiger partial charge in [-0.1, -0.05) is 36.4 Å². The van der Waals surface area contributed by atoms with Crippen LogP contribution in [0, 0.1) is 0 Å². The summed E-state index contributed by atoms with van der Waals surface area (Å²) in [7, 11) is 0. The molecule has 2 atom stereocenters. The lowest BCUT2D eigenvalue weighted by molar-refractivity contribution is -0.139. The molecule has 0 amide bonds. The monoisotopic (exact) mass is 362 g/mol. The van der Waals surface area contributed by atoms with Gasteiger partial charge >= 0.3 is 0 Å². The fourth-order valence-electron chi connectivity index (χ4n) is 3.77. The molecule has 1 aromatic heterocycles. The van der Waals surface area contributed by atoms with Gasteiger partial charge in [0.15, 0.2) is 0 Å². The van der Waals surface area contributed by atoms with Gasteiger partial charge in [-0.25, -0.2) is 0 Å². The summed E-state index contributed by atoms with van der Waals surface area (Å²) < 4.78 is 6.22. The van der Waals surface area contributed by atoms with E-state index in [0.29, 0.717) is 0 Å². The van der Waals surface area contributed by atoms with Crippen LogP contribution in [0.15, 0.2) is 60.8 Å². The zero-order chi connectivity index (χ0) is 19.1. The molecule has 2 aromatic carbocycles. The third-order valence-corrected chi connectivity index (χ3v) is 5.80. The van der Waals surface area contributed by atoms with E-state index in [0.717, 1.165) is 35.2 Å². The number of aromatic nitrogens is 1. The van der Waals surface area contributed by atoms with Crippen molar-refractivity contribution in [2.24, 2.45) is 0 Å². The molecule has 3 aromatic rings. The number of fused-ring (bicyclic) bond motifs is 2. The molecule has 0 radical (unpaired) electrons. The van der Waals surface area contributed by atoms with Crippen molar-refractivity contribution in [3.05, 3.63) is 71.9 Å². The summed E-state index contributed by atoms with van der Waals surface area (Å²) >= 11 is 0. The van der Waals surface area contributed by atoms with E-state index in [1.807, 2.05) is 51.1 Å². The van der Waals surface area contributed by atoms with Crippen LogP contribution in [0.1, 0.15) is 37.9 Å². The maximum Gasteiger partial charge on any atom is 0.134 e. The number of hydrogen-bond acceptors (Lipinski definition) is 4. The van der Waals surface area contributed by atoms with Gasteiger partial charge in [-0.3, -0.25) is 4.98 Å². The average molecular weight is 362 g/mol. The van der Waals surface area contributed by atoms with E-state index in [-0.39, 0.29) is 6.04 Å². The minimum Gasteiger partial charge on any atom is -0.484 e. The van der Waals surface area contributed by atoms with E-state index in [1.165, 1.54) is 5.56 Å². The summed E-state index contributed by atoms with van der Waals surface area (Å²) in [6.45, 7) is 6.49. The van der Waals surface area contributed by atoms with E-state index in [2.05, 4.69) is 34.6 Å². The van der Waals surface area contributed by atoms with Crippen molar-refractivity contribution in [1.29, 1.82) is 0 Å². The first-order chi connectivity index (χ1) is 12.9. The zero-order valence-electron chi connectivity index (χ0n) is 16.1. The lowest BCUT2D eigenvalue weighted by Gasteiger charge is -2.50. The molecule has 2 heterocycles. The Morgan fingerprint density at radius 1 is 1.07 bits per heavy atom. The van der Waals surface area contributed by atoms with Crippen LogP contribution < -0.4 is 10.1 Å². The predicted octanol–water partition coefficient (Wildman–Crippen LogP) is 4.03. The lowest BCUT2D eigenvalue weighted by Crippen LogP contribution is -2.61. The van der Waals surface area contributed by atoms with Gasteiger partial charge in [-0.05, 0) is 57.5 Å². The first-order valence-corrected chi connectivity index (χ1v) is 9.46. The van der Waals surface area contributed by atoms with Crippen LogP contribution in [0.2, 0.25) is 0 Å². The molecule has 1 aliphatic heterocycles. The summed E-state index contributed by atoms with van der Waals surface area (Å²) in [5, 5.41) is 16.0. The van der Waals surface area contributed by atoms with E-state index in [1.54, 1.807) is 6.20 Å². The van der Waals surface area contributed by atoms with Gasteiger partial charge in [-0.15, -0.1) is 0 Å². The van der Waals surface area contributed by atoms with Crippen molar-refractivity contribution >= 4 is 10.9 Å². The quantitative estimate of drug-likeness (QED) is 0.736. The molecule has 4 nitrogen and oxygen atoms in total. The summed E-state index contributed by atoms with van der Waals surface area (Å²) in [4.78, 5) is 4.47. The fraction of sp³-hybridized carbons (Fsp3) is 0.348. The maximum atomic E-state index is 11.4. The molecule has 0 bridgehead atoms. The van der Waals surface area contributed by atoms with Crippen LogP contribution in [0.5, 0.6) is 5.75 Å². The Bertz CT molecular complexity index is 951. The summed E-state index contributed by atoms with van der Waals surface area (Å²) in [6, 6.07) is 18.2. The molecule has 27 heavy (non-hydrogen) atoms. The van der Waals surface area contributed by atoms with Gasteiger partial charge in [0.1, 0.15) is 17.0 Å². The van der Waals surface area contributed by atoms with Gasteiger partial charge in [0.05, 0.1) is 11.6 Å². The van der Waals surface area contributed by atoms with E-state index in [9.17, 15) is 5.11 Å². The average Bonchev–Trinajstić information content (AvgIpc) is 2.64. The number of aliphatic hydroxyl groups is 1. The van der Waals surface area contributed by atoms with Crippen LogP contribution >= 0.6 is 0 Å². The van der Waals surface area contributed by atoms with Crippen LogP contribution in [-0.4, -0.2) is 27.8 Å². The Morgan fingerprint density at radius 2 is 1.85 bits per heavy atom. The SMILES string of the molecule is CC1(C)Oc2cc3cccnc3cc2C(NCCc2ccccc2)C1(C)O. The highest BCUT2D eigenvalue weighted by Gasteiger charge is 2.52. The highest BCUT2D eigenvalue weighted by Crippen LogP contribution is 2.47. The highest BCUT2D eigenvalue weighted by atomic mass is 16.5. The van der Waals surface area contributed by atoms with Gasteiger partial charge in [0, 0.05) is 17.1 Å². The summed E-state index contributed by atoms with van der Waals surface area (Å²) in [5.74, 6) is 0.809. The molecular weight excluding hydrogens is 336 g/mol. The topological polar surface area (TPSA) is 54.4 Å². The van der Waals surface area contributed by atoms with E-state index >= 15 is 0 Å². The number of nitrogens with one attached hydrogen (secondary N) is 1. The van der Waals surface area contributed by atoms with E-state index in [4.69, 9.17) is 4.74 Å². The zero-order valence-corrected chi connectivity index (χ0v) is 16.1. The molecule has 0 saturated carbocycles. The second-order valence-electron chi connectivity index (χ2n) is 7.97. The Morgan fingerprint density at radius 3 is 2.63 bits per heavy atom. The maximum absolute atomic E-state index is 11.4. The number of hydrogen-bond donors (Lipinski definition) is 2. The van der Waals surface area contributed by atoms with Crippen LogP contribution in [0.3, 0.4) is 0 Å². The second kappa shape index (κ2) is 6.63. The van der Waals surface area contributed by atoms with Crippen molar-refractivity contribution in [3.63, 3.8) is 0 Å². The fourth-order valence-corrected chi connectivity index (χ4v) is 3.77. The number of benzene rings is 2. The normalized spacial score (nSPS) is 23.6. The minimum atomic E-state index is -1.07. The standard InChI is InChI=1S/C23H26N2O2/c1-22(2)23(3,26)21(25-13-11-16-8-5-4-6-9-16)18-15-19-17(10-7-12-24-19)14-20(18)27-22/h4-10,12,14-15,21,25-26H,11,13H2,1-3H3. The van der Waals surface area contributed by atoms with Crippen LogP contribution in [0.4, 0.5) is 0 Å². The predicted molar refractivity (Wildman–Crippen MR) is 108 cm³/mol. The minimum absolute atomic E-state index is 0.244. The first kappa shape index (κ1) is 18.0. The van der Waals surface area contributed by atoms with Gasteiger partial charge in [0.2, 0.25) is 0 Å². The van der Waals surface area contributed by atoms with Crippen molar-refractivity contribution in [2.75, 3.05) is 6.54 Å². The molecule has 0 aliphatic carbocycles. The Kier molecular flexibility index (Phi) is 4.41. The molecule has 2 unspecified atom stereocenters. The summed E-state index contributed by atoms with van der Waals surface area (Å²) in [5.41, 5.74) is 1.35. The van der Waals surface area contributed by atoms with Crippen molar-refractivity contribution < 1.29 is 9.84 Å². The molecule has 4 heteroatoms. The number of ether oxygens (including phenoxy) is 1. The molecule has 0 fully saturated rings. The number of pyridine rings is 1. The second-order valence-corrected chi connectivity index (χ2v) is 7.97. The Balaban J connectivity index is 1.68. The molecule has 1 aliphatic rings. The van der Waals surface area contributed by atoms with Crippen molar-refractivity contribution in [1.82, 2.24) is 10.3 Å². The van der Waals surface area contributed by atoms with Crippen LogP contribution in [-0.2, 0) is 6.42 Å². The highest BCUT2D eigenvalue weighted by molar-refractivity contribution is 5.81. The molecule has 2 N–H and O–H groups in total. The largest absolute Gasteiger partial charge is 0.484 e. The Labute approximate surface area is 160 Å². The Hall–Kier alpha value is -2.43. The molecule has 140 valence electrons. The first-order valence-electron chi connectivity index (χ1n) is 9.46. The molecule has 4 rings (SSSR count). The van der Waals surface area contributed by atoms with Crippen LogP contribution in [0.25, 0.3) is 10.9 Å². The van der Waals surface area contributed by atoms with Crippen molar-refractivity contribution in [3.8, 4) is 5.75 Å². The van der Waals surface area contributed by atoms with E-state index < -0.39 is 11.2 Å². The number of rotatable bonds is 4. The third-order valence-electron chi connectivity index (χ3n) is 5.80. The molecular formula is C23H26N2O2. The smallest absolute Gasteiger partial charge is 0.134 e. The van der Waals surface area contributed by atoms with Gasteiger partial charge < -0.3 is 15.2 Å². The van der Waals surface area contributed by atoms with Crippen molar-refractivity contribution in [2.45, 2.75) is 44.4 Å². The van der Waals surface area contributed by atoms with Gasteiger partial charge in [-0.2, -0.15) is 0 Å². The van der Waals surface area contributed by atoms with Gasteiger partial charge in [0.25, 0.3) is 0 Å².